The van der Waals surface area contributed by atoms with Crippen molar-refractivity contribution < 1.29 is 23.6 Å². The maximum atomic E-state index is 12.9. The van der Waals surface area contributed by atoms with Crippen LogP contribution in [0.3, 0.4) is 0 Å². The van der Waals surface area contributed by atoms with Crippen molar-refractivity contribution in [2.45, 2.75) is 13.0 Å². The molecule has 9 heteroatoms. The Kier molecular flexibility index (Phi) is 5.09. The maximum Gasteiger partial charge on any atom is 0.332 e. The highest BCUT2D eigenvalue weighted by atomic mass is 19.1. The first kappa shape index (κ1) is 15.5. The number of esters is 1. The number of carbonyl (C=O) groups is 2. The summed E-state index contributed by atoms with van der Waals surface area (Å²) in [5, 5.41) is 12.8. The zero-order valence-corrected chi connectivity index (χ0v) is 10.5. The molecule has 1 amide bonds. The first-order chi connectivity index (χ1) is 9.36. The number of nitrogens with two attached hydrogens (primary N) is 1. The minimum absolute atomic E-state index is 0.0382. The molecule has 0 bridgehead atoms. The molecule has 0 spiro atoms. The van der Waals surface area contributed by atoms with Gasteiger partial charge in [0.05, 0.1) is 17.6 Å². The van der Waals surface area contributed by atoms with Crippen molar-refractivity contribution in [3.05, 3.63) is 34.1 Å². The first-order valence-corrected chi connectivity index (χ1v) is 5.53. The summed E-state index contributed by atoms with van der Waals surface area (Å²) in [5.41, 5.74) is 4.41. The normalized spacial score (nSPS) is 11.6. The number of amides is 1. The summed E-state index contributed by atoms with van der Waals surface area (Å²) in [5.74, 6) is -2.78. The Balaban J connectivity index is 2.91. The van der Waals surface area contributed by atoms with Crippen LogP contribution in [-0.2, 0) is 14.3 Å². The molecule has 108 valence electrons. The smallest absolute Gasteiger partial charge is 0.332 e. The van der Waals surface area contributed by atoms with Gasteiger partial charge in [0.15, 0.2) is 6.04 Å². The van der Waals surface area contributed by atoms with Crippen molar-refractivity contribution in [1.29, 1.82) is 0 Å². The maximum absolute atomic E-state index is 12.9. The largest absolute Gasteiger partial charge is 0.464 e. The van der Waals surface area contributed by atoms with Gasteiger partial charge in [-0.3, -0.25) is 14.9 Å². The molecule has 8 nitrogen and oxygen atoms in total. The molecule has 1 aromatic carbocycles. The van der Waals surface area contributed by atoms with Crippen LogP contribution in [-0.4, -0.2) is 29.4 Å². The van der Waals surface area contributed by atoms with Gasteiger partial charge in [0.25, 0.3) is 11.6 Å². The lowest BCUT2D eigenvalue weighted by Crippen LogP contribution is -2.43. The summed E-state index contributed by atoms with van der Waals surface area (Å²) in [6.07, 6.45) is 0. The van der Waals surface area contributed by atoms with E-state index in [1.165, 1.54) is 6.92 Å². The predicted octanol–water partition coefficient (Wildman–Crippen LogP) is 0.563. The summed E-state index contributed by atoms with van der Waals surface area (Å²) < 4.78 is 17.5. The number of nitrogens with one attached hydrogen (secondary N) is 1. The van der Waals surface area contributed by atoms with Crippen LogP contribution in [0.1, 0.15) is 6.92 Å². The van der Waals surface area contributed by atoms with Crippen molar-refractivity contribution in [3.8, 4) is 0 Å². The zero-order valence-electron chi connectivity index (χ0n) is 10.5. The minimum atomic E-state index is -1.63. The van der Waals surface area contributed by atoms with Crippen LogP contribution < -0.4 is 11.1 Å². The molecule has 0 aliphatic rings. The molecule has 0 aromatic heterocycles. The molecule has 1 atom stereocenters. The Labute approximate surface area is 112 Å². The van der Waals surface area contributed by atoms with Gasteiger partial charge < -0.3 is 15.8 Å². The quantitative estimate of drug-likeness (QED) is 0.352. The standard InChI is InChI=1S/C11H12FN3O5/c1-2-20-11(17)9(13)10(16)14-7-4-3-6(12)5-8(7)15(18)19/h3-5,9H,2,13H2,1H3,(H,14,16). The molecule has 0 saturated carbocycles. The first-order valence-electron chi connectivity index (χ1n) is 5.53. The second-order valence-corrected chi connectivity index (χ2v) is 3.64. The highest BCUT2D eigenvalue weighted by Crippen LogP contribution is 2.24. The fraction of sp³-hybridized carbons (Fsp3) is 0.273. The van der Waals surface area contributed by atoms with E-state index in [0.717, 1.165) is 12.1 Å². The van der Waals surface area contributed by atoms with E-state index in [-0.39, 0.29) is 12.3 Å². The van der Waals surface area contributed by atoms with Crippen molar-refractivity contribution in [2.24, 2.45) is 5.73 Å². The van der Waals surface area contributed by atoms with Gasteiger partial charge in [0.2, 0.25) is 0 Å². The predicted molar refractivity (Wildman–Crippen MR) is 66.3 cm³/mol. The number of benzene rings is 1. The van der Waals surface area contributed by atoms with Crippen molar-refractivity contribution >= 4 is 23.3 Å². The molecule has 1 aromatic rings. The van der Waals surface area contributed by atoms with E-state index in [4.69, 9.17) is 5.73 Å². The Morgan fingerprint density at radius 3 is 2.75 bits per heavy atom. The van der Waals surface area contributed by atoms with Crippen LogP contribution in [0.4, 0.5) is 15.8 Å². The molecule has 0 radical (unpaired) electrons. The molecule has 0 heterocycles. The zero-order chi connectivity index (χ0) is 15.3. The van der Waals surface area contributed by atoms with E-state index in [2.05, 4.69) is 10.1 Å². The third-order valence-corrected chi connectivity index (χ3v) is 2.24. The Morgan fingerprint density at radius 2 is 2.20 bits per heavy atom. The van der Waals surface area contributed by atoms with Crippen LogP contribution >= 0.6 is 0 Å². The molecule has 0 aliphatic carbocycles. The topological polar surface area (TPSA) is 125 Å². The number of hydrogen-bond donors (Lipinski definition) is 2. The van der Waals surface area contributed by atoms with Crippen LogP contribution in [0.25, 0.3) is 0 Å². The van der Waals surface area contributed by atoms with Crippen molar-refractivity contribution in [1.82, 2.24) is 0 Å². The molecule has 1 unspecified atom stereocenters. The molecular weight excluding hydrogens is 273 g/mol. The highest BCUT2D eigenvalue weighted by Gasteiger charge is 2.26. The van der Waals surface area contributed by atoms with Crippen LogP contribution in [0.5, 0.6) is 0 Å². The van der Waals surface area contributed by atoms with Gasteiger partial charge in [0, 0.05) is 0 Å². The van der Waals surface area contributed by atoms with E-state index < -0.39 is 34.3 Å². The molecular formula is C11H12FN3O5. The van der Waals surface area contributed by atoms with E-state index in [9.17, 15) is 24.1 Å². The fourth-order valence-electron chi connectivity index (χ4n) is 1.31. The minimum Gasteiger partial charge on any atom is -0.464 e. The summed E-state index contributed by atoms with van der Waals surface area (Å²) in [7, 11) is 0. The van der Waals surface area contributed by atoms with Gasteiger partial charge in [-0.15, -0.1) is 0 Å². The van der Waals surface area contributed by atoms with Crippen molar-refractivity contribution in [3.63, 3.8) is 0 Å². The number of carbonyl (C=O) groups excluding carboxylic acids is 2. The Bertz CT molecular complexity index is 549. The van der Waals surface area contributed by atoms with Gasteiger partial charge in [-0.25, -0.2) is 9.18 Å². The van der Waals surface area contributed by atoms with Gasteiger partial charge in [-0.05, 0) is 19.1 Å². The van der Waals surface area contributed by atoms with E-state index in [0.29, 0.717) is 6.07 Å². The average Bonchev–Trinajstić information content (AvgIpc) is 2.39. The lowest BCUT2D eigenvalue weighted by atomic mass is 10.2. The summed E-state index contributed by atoms with van der Waals surface area (Å²) in [6.45, 7) is 1.57. The van der Waals surface area contributed by atoms with Gasteiger partial charge in [0.1, 0.15) is 11.5 Å². The molecule has 20 heavy (non-hydrogen) atoms. The summed E-state index contributed by atoms with van der Waals surface area (Å²) in [4.78, 5) is 32.7. The molecule has 3 N–H and O–H groups in total. The average molecular weight is 285 g/mol. The van der Waals surface area contributed by atoms with Crippen LogP contribution in [0.2, 0.25) is 0 Å². The fourth-order valence-corrected chi connectivity index (χ4v) is 1.31. The van der Waals surface area contributed by atoms with E-state index in [1.807, 2.05) is 0 Å². The number of halogens is 1. The number of hydrogen-bond acceptors (Lipinski definition) is 6. The molecule has 0 fully saturated rings. The lowest BCUT2D eigenvalue weighted by molar-refractivity contribution is -0.384. The second kappa shape index (κ2) is 6.57. The number of ether oxygens (including phenoxy) is 1. The Hall–Kier alpha value is -2.55. The monoisotopic (exact) mass is 285 g/mol. The number of nitro benzene ring substituents is 1. The van der Waals surface area contributed by atoms with Crippen LogP contribution in [0, 0.1) is 15.9 Å². The molecule has 1 rings (SSSR count). The number of nitro groups is 1. The third kappa shape index (κ3) is 3.72. The molecule has 0 saturated heterocycles. The number of rotatable bonds is 5. The third-order valence-electron chi connectivity index (χ3n) is 2.24. The number of nitrogens with zero attached hydrogens (tertiary/aromatic N) is 1. The molecule has 0 aliphatic heterocycles. The van der Waals surface area contributed by atoms with E-state index in [1.54, 1.807) is 0 Å². The lowest BCUT2D eigenvalue weighted by Gasteiger charge is -2.11. The van der Waals surface area contributed by atoms with E-state index >= 15 is 0 Å². The highest BCUT2D eigenvalue weighted by molar-refractivity contribution is 6.08. The van der Waals surface area contributed by atoms with Crippen molar-refractivity contribution in [2.75, 3.05) is 11.9 Å². The van der Waals surface area contributed by atoms with Gasteiger partial charge in [-0.1, -0.05) is 0 Å². The summed E-state index contributed by atoms with van der Waals surface area (Å²) >= 11 is 0. The van der Waals surface area contributed by atoms with Crippen LogP contribution in [0.15, 0.2) is 18.2 Å². The van der Waals surface area contributed by atoms with Gasteiger partial charge >= 0.3 is 5.97 Å². The van der Waals surface area contributed by atoms with Gasteiger partial charge in [-0.2, -0.15) is 0 Å². The summed E-state index contributed by atoms with van der Waals surface area (Å²) in [6, 6.07) is 0.951. The SMILES string of the molecule is CCOC(=O)C(N)C(=O)Nc1ccc(F)cc1[N+](=O)[O-]. The second-order valence-electron chi connectivity index (χ2n) is 3.64. The number of anilines is 1. The Morgan fingerprint density at radius 1 is 1.55 bits per heavy atom.